The number of hydrogen-bond acceptors (Lipinski definition) is 3. The maximum atomic E-state index is 9.51. The molecule has 0 aromatic heterocycles. The Morgan fingerprint density at radius 1 is 0.538 bits per heavy atom. The fourth-order valence-electron chi connectivity index (χ4n) is 3.79. The highest BCUT2D eigenvalue weighted by Crippen LogP contribution is 2.17. The number of aliphatic hydroxyl groups excluding tert-OH is 2. The molecule has 0 amide bonds. The molecule has 0 bridgehead atoms. The van der Waals surface area contributed by atoms with Crippen LogP contribution in [0.1, 0.15) is 123 Å². The van der Waals surface area contributed by atoms with E-state index in [1.807, 2.05) is 6.92 Å². The highest BCUT2D eigenvalue weighted by Gasteiger charge is 2.26. The van der Waals surface area contributed by atoms with E-state index in [-0.39, 0.29) is 13.2 Å². The van der Waals surface area contributed by atoms with Crippen LogP contribution in [0.15, 0.2) is 0 Å². The fourth-order valence-corrected chi connectivity index (χ4v) is 3.79. The van der Waals surface area contributed by atoms with Gasteiger partial charge in [0.25, 0.3) is 0 Å². The summed E-state index contributed by atoms with van der Waals surface area (Å²) in [6.45, 7) is 5.14. The summed E-state index contributed by atoms with van der Waals surface area (Å²) < 4.78 is 0. The van der Waals surface area contributed by atoms with E-state index < -0.39 is 5.54 Å². The second-order valence-electron chi connectivity index (χ2n) is 8.18. The Balaban J connectivity index is 3.29. The maximum Gasteiger partial charge on any atom is 0.0648 e. The molecule has 0 spiro atoms. The SMILES string of the molecule is CCCCCCCCCCCCCCCCCCC(CO)(CO)NCC. The van der Waals surface area contributed by atoms with Crippen molar-refractivity contribution < 1.29 is 10.2 Å². The molecule has 0 aliphatic carbocycles. The smallest absolute Gasteiger partial charge is 0.0648 e. The molecule has 0 unspecified atom stereocenters. The minimum Gasteiger partial charge on any atom is -0.394 e. The first kappa shape index (κ1) is 25.9. The molecular weight excluding hydrogens is 322 g/mol. The van der Waals surface area contributed by atoms with Crippen LogP contribution < -0.4 is 5.32 Å². The zero-order chi connectivity index (χ0) is 19.3. The van der Waals surface area contributed by atoms with Gasteiger partial charge in [-0.25, -0.2) is 0 Å². The van der Waals surface area contributed by atoms with E-state index in [2.05, 4.69) is 12.2 Å². The minimum absolute atomic E-state index is 0.0239. The van der Waals surface area contributed by atoms with Crippen molar-refractivity contribution in [2.75, 3.05) is 19.8 Å². The highest BCUT2D eigenvalue weighted by atomic mass is 16.3. The number of hydrogen-bond donors (Lipinski definition) is 3. The van der Waals surface area contributed by atoms with Gasteiger partial charge in [0.2, 0.25) is 0 Å². The van der Waals surface area contributed by atoms with Crippen molar-refractivity contribution in [3.8, 4) is 0 Å². The summed E-state index contributed by atoms with van der Waals surface area (Å²) in [5.74, 6) is 0. The Kier molecular flexibility index (Phi) is 19.5. The molecule has 0 radical (unpaired) electrons. The first-order valence-electron chi connectivity index (χ1n) is 11.7. The van der Waals surface area contributed by atoms with E-state index in [0.29, 0.717) is 0 Å². The van der Waals surface area contributed by atoms with Gasteiger partial charge in [0.1, 0.15) is 0 Å². The molecule has 0 aromatic rings. The zero-order valence-corrected chi connectivity index (χ0v) is 18.0. The molecule has 3 N–H and O–H groups in total. The maximum absolute atomic E-state index is 9.51. The molecule has 0 aliphatic rings. The van der Waals surface area contributed by atoms with Crippen molar-refractivity contribution in [3.63, 3.8) is 0 Å². The van der Waals surface area contributed by atoms with Gasteiger partial charge < -0.3 is 15.5 Å². The normalized spacial score (nSPS) is 12.0. The minimum atomic E-state index is -0.468. The van der Waals surface area contributed by atoms with Crippen molar-refractivity contribution in [3.05, 3.63) is 0 Å². The summed E-state index contributed by atoms with van der Waals surface area (Å²) in [5, 5.41) is 22.3. The average Bonchev–Trinajstić information content (AvgIpc) is 2.66. The van der Waals surface area contributed by atoms with E-state index in [0.717, 1.165) is 19.4 Å². The Bertz CT molecular complexity index is 267. The quantitative estimate of drug-likeness (QED) is 0.218. The Morgan fingerprint density at radius 3 is 1.19 bits per heavy atom. The molecule has 3 nitrogen and oxygen atoms in total. The molecule has 0 aliphatic heterocycles. The first-order chi connectivity index (χ1) is 12.7. The first-order valence-corrected chi connectivity index (χ1v) is 11.7. The second kappa shape index (κ2) is 19.6. The third kappa shape index (κ3) is 15.0. The molecule has 3 heteroatoms. The fraction of sp³-hybridized carbons (Fsp3) is 1.00. The number of unbranched alkanes of at least 4 members (excludes halogenated alkanes) is 15. The predicted octanol–water partition coefficient (Wildman–Crippen LogP) is 5.97. The standard InChI is InChI=1S/C23H49NO2/c1-3-5-6-7-8-9-10-11-12-13-14-15-16-17-18-19-20-23(21-25,22-26)24-4-2/h24-26H,3-22H2,1-2H3. The van der Waals surface area contributed by atoms with Crippen LogP contribution >= 0.6 is 0 Å². The largest absolute Gasteiger partial charge is 0.394 e. The highest BCUT2D eigenvalue weighted by molar-refractivity contribution is 4.86. The third-order valence-corrected chi connectivity index (χ3v) is 5.67. The van der Waals surface area contributed by atoms with Crippen molar-refractivity contribution in [1.82, 2.24) is 5.32 Å². The number of aliphatic hydroxyl groups is 2. The van der Waals surface area contributed by atoms with Crippen LogP contribution in [0, 0.1) is 0 Å². The van der Waals surface area contributed by atoms with Gasteiger partial charge in [0, 0.05) is 0 Å². The van der Waals surface area contributed by atoms with Gasteiger partial charge in [-0.2, -0.15) is 0 Å². The molecule has 0 saturated carbocycles. The van der Waals surface area contributed by atoms with Gasteiger partial charge >= 0.3 is 0 Å². The third-order valence-electron chi connectivity index (χ3n) is 5.67. The van der Waals surface area contributed by atoms with Crippen LogP contribution in [0.5, 0.6) is 0 Å². The Labute approximate surface area is 164 Å². The monoisotopic (exact) mass is 371 g/mol. The van der Waals surface area contributed by atoms with Crippen molar-refractivity contribution in [2.45, 2.75) is 129 Å². The topological polar surface area (TPSA) is 52.5 Å². The summed E-state index contributed by atoms with van der Waals surface area (Å²) in [4.78, 5) is 0. The molecule has 0 aromatic carbocycles. The average molecular weight is 372 g/mol. The van der Waals surface area contributed by atoms with Crippen LogP contribution in [0.25, 0.3) is 0 Å². The summed E-state index contributed by atoms with van der Waals surface area (Å²) >= 11 is 0. The summed E-state index contributed by atoms with van der Waals surface area (Å²) in [6.07, 6.45) is 22.8. The lowest BCUT2D eigenvalue weighted by Gasteiger charge is -2.30. The summed E-state index contributed by atoms with van der Waals surface area (Å²) in [7, 11) is 0. The lowest BCUT2D eigenvalue weighted by atomic mass is 9.93. The summed E-state index contributed by atoms with van der Waals surface area (Å²) in [5.41, 5.74) is -0.468. The van der Waals surface area contributed by atoms with Crippen molar-refractivity contribution in [2.24, 2.45) is 0 Å². The predicted molar refractivity (Wildman–Crippen MR) is 115 cm³/mol. The molecule has 0 heterocycles. The van der Waals surface area contributed by atoms with E-state index >= 15 is 0 Å². The number of rotatable bonds is 21. The van der Waals surface area contributed by atoms with E-state index in [1.54, 1.807) is 0 Å². The molecule has 0 atom stereocenters. The van der Waals surface area contributed by atoms with Crippen LogP contribution in [-0.2, 0) is 0 Å². The number of nitrogens with one attached hydrogen (secondary N) is 1. The zero-order valence-electron chi connectivity index (χ0n) is 18.0. The Morgan fingerprint density at radius 2 is 0.885 bits per heavy atom. The number of likely N-dealkylation sites (N-methyl/N-ethyl adjacent to an activating group) is 1. The molecule has 0 rings (SSSR count). The second-order valence-corrected chi connectivity index (χ2v) is 8.18. The van der Waals surface area contributed by atoms with Gasteiger partial charge in [-0.3, -0.25) is 0 Å². The van der Waals surface area contributed by atoms with Crippen LogP contribution in [-0.4, -0.2) is 35.5 Å². The van der Waals surface area contributed by atoms with Crippen LogP contribution in [0.3, 0.4) is 0 Å². The molecule has 158 valence electrons. The lowest BCUT2D eigenvalue weighted by molar-refractivity contribution is 0.0833. The van der Waals surface area contributed by atoms with Crippen molar-refractivity contribution in [1.29, 1.82) is 0 Å². The van der Waals surface area contributed by atoms with E-state index in [9.17, 15) is 10.2 Å². The lowest BCUT2D eigenvalue weighted by Crippen LogP contribution is -2.51. The van der Waals surface area contributed by atoms with Gasteiger partial charge in [0.05, 0.1) is 18.8 Å². The Hall–Kier alpha value is -0.120. The van der Waals surface area contributed by atoms with E-state index in [4.69, 9.17) is 0 Å². The molecule has 26 heavy (non-hydrogen) atoms. The molecule has 0 saturated heterocycles. The van der Waals surface area contributed by atoms with Gasteiger partial charge in [-0.15, -0.1) is 0 Å². The van der Waals surface area contributed by atoms with Crippen LogP contribution in [0.4, 0.5) is 0 Å². The van der Waals surface area contributed by atoms with Gasteiger partial charge in [0.15, 0.2) is 0 Å². The molecule has 0 fully saturated rings. The van der Waals surface area contributed by atoms with Gasteiger partial charge in [-0.05, 0) is 13.0 Å². The molecular formula is C23H49NO2. The summed E-state index contributed by atoms with van der Waals surface area (Å²) in [6, 6.07) is 0. The van der Waals surface area contributed by atoms with E-state index in [1.165, 1.54) is 96.3 Å². The van der Waals surface area contributed by atoms with Crippen molar-refractivity contribution >= 4 is 0 Å². The van der Waals surface area contributed by atoms with Gasteiger partial charge in [-0.1, -0.05) is 117 Å². The van der Waals surface area contributed by atoms with Crippen LogP contribution in [0.2, 0.25) is 0 Å².